The molecule has 0 unspecified atom stereocenters. The minimum atomic E-state index is -6.34. The predicted octanol–water partition coefficient (Wildman–Crippen LogP) is 8.31. The van der Waals surface area contributed by atoms with Crippen LogP contribution in [0.5, 0.6) is 5.75 Å². The van der Waals surface area contributed by atoms with Crippen molar-refractivity contribution in [3.8, 4) is 5.75 Å². The number of ether oxygens (including phenoxy) is 1. The van der Waals surface area contributed by atoms with Crippen LogP contribution in [0.25, 0.3) is 0 Å². The highest BCUT2D eigenvalue weighted by molar-refractivity contribution is 5.75. The van der Waals surface area contributed by atoms with Crippen molar-refractivity contribution in [2.45, 2.75) is 95.1 Å². The molecule has 0 aromatic heterocycles. The lowest BCUT2D eigenvalue weighted by Gasteiger charge is -2.37. The molecule has 9 heteroatoms. The van der Waals surface area contributed by atoms with E-state index in [2.05, 4.69) is 6.92 Å². The first-order chi connectivity index (χ1) is 15.9. The average Bonchev–Trinajstić information content (AvgIpc) is 2.79. The second kappa shape index (κ2) is 10.4. The highest BCUT2D eigenvalue weighted by atomic mass is 19.4. The molecule has 3 rings (SSSR count). The maximum atomic E-state index is 13.9. The maximum absolute atomic E-state index is 13.9. The number of hydrogen-bond acceptors (Lipinski definition) is 2. The van der Waals surface area contributed by atoms with Crippen molar-refractivity contribution in [1.82, 2.24) is 0 Å². The van der Waals surface area contributed by atoms with Crippen LogP contribution in [0.1, 0.15) is 82.6 Å². The molecule has 0 aliphatic heterocycles. The lowest BCUT2D eigenvalue weighted by Crippen LogP contribution is -2.56. The molecule has 192 valence electrons. The summed E-state index contributed by atoms with van der Waals surface area (Å²) in [7, 11) is 0. The van der Waals surface area contributed by atoms with Crippen molar-refractivity contribution < 1.29 is 40.3 Å². The minimum Gasteiger partial charge on any atom is -0.426 e. The fourth-order valence-corrected chi connectivity index (χ4v) is 5.34. The van der Waals surface area contributed by atoms with Gasteiger partial charge in [-0.05, 0) is 80.9 Å². The Morgan fingerprint density at radius 3 is 1.91 bits per heavy atom. The van der Waals surface area contributed by atoms with E-state index in [4.69, 9.17) is 4.74 Å². The van der Waals surface area contributed by atoms with Gasteiger partial charge in [-0.2, -0.15) is 30.7 Å². The van der Waals surface area contributed by atoms with Gasteiger partial charge < -0.3 is 4.74 Å². The van der Waals surface area contributed by atoms with Crippen LogP contribution in [-0.4, -0.2) is 24.0 Å². The van der Waals surface area contributed by atoms with Gasteiger partial charge in [0.1, 0.15) is 5.75 Å². The van der Waals surface area contributed by atoms with E-state index in [1.165, 1.54) is 31.2 Å². The summed E-state index contributed by atoms with van der Waals surface area (Å²) >= 11 is 0. The largest absolute Gasteiger partial charge is 0.459 e. The van der Waals surface area contributed by atoms with Gasteiger partial charge in [0.25, 0.3) is 0 Å². The van der Waals surface area contributed by atoms with Crippen LogP contribution in [0.3, 0.4) is 0 Å². The molecule has 1 aromatic carbocycles. The normalized spacial score (nSPS) is 26.8. The van der Waals surface area contributed by atoms with Gasteiger partial charge in [-0.25, -0.2) is 0 Å². The van der Waals surface area contributed by atoms with Gasteiger partial charge in [-0.15, -0.1) is 0 Å². The summed E-state index contributed by atoms with van der Waals surface area (Å²) in [6.07, 6.45) is -0.943. The molecule has 0 N–H and O–H groups in total. The highest BCUT2D eigenvalue weighted by Gasteiger charge is 2.74. The first-order valence-electron chi connectivity index (χ1n) is 12.0. The summed E-state index contributed by atoms with van der Waals surface area (Å²) in [4.78, 5) is 12.4. The molecule has 2 fully saturated rings. The summed E-state index contributed by atoms with van der Waals surface area (Å²) < 4.78 is 97.0. The SMILES string of the molecule is CCC[C@H]1CC[C@H](c2ccc(OC(=O)[C@H]3CC[C@H](C(F)(F)C(F)(F)C(F)(F)F)CC3)cc2)CC1. The van der Waals surface area contributed by atoms with Crippen LogP contribution in [0.2, 0.25) is 0 Å². The number of carbonyl (C=O) groups is 1. The molecule has 2 saturated carbocycles. The maximum Gasteiger partial charge on any atom is 0.459 e. The molecule has 2 nitrogen and oxygen atoms in total. The zero-order valence-corrected chi connectivity index (χ0v) is 19.2. The molecule has 0 bridgehead atoms. The molecule has 0 radical (unpaired) electrons. The molecule has 1 aromatic rings. The van der Waals surface area contributed by atoms with Crippen molar-refractivity contribution in [3.05, 3.63) is 29.8 Å². The van der Waals surface area contributed by atoms with Gasteiger partial charge >= 0.3 is 24.0 Å². The van der Waals surface area contributed by atoms with Crippen LogP contribution in [-0.2, 0) is 4.79 Å². The molecular weight excluding hydrogens is 465 g/mol. The molecule has 2 aliphatic carbocycles. The quantitative estimate of drug-likeness (QED) is 0.216. The van der Waals surface area contributed by atoms with Crippen molar-refractivity contribution in [3.63, 3.8) is 0 Å². The van der Waals surface area contributed by atoms with Crippen LogP contribution in [0, 0.1) is 17.8 Å². The molecular formula is C25H31F7O2. The Kier molecular flexibility index (Phi) is 8.23. The summed E-state index contributed by atoms with van der Waals surface area (Å²) in [5, 5.41) is 0. The first-order valence-corrected chi connectivity index (χ1v) is 12.0. The lowest BCUT2D eigenvalue weighted by molar-refractivity contribution is -0.367. The monoisotopic (exact) mass is 496 g/mol. The fraction of sp³-hybridized carbons (Fsp3) is 0.720. The second-order valence-corrected chi connectivity index (χ2v) is 9.74. The lowest BCUT2D eigenvalue weighted by atomic mass is 9.77. The Morgan fingerprint density at radius 1 is 0.853 bits per heavy atom. The third-order valence-electron chi connectivity index (χ3n) is 7.46. The molecule has 34 heavy (non-hydrogen) atoms. The molecule has 0 saturated heterocycles. The third kappa shape index (κ3) is 5.70. The molecule has 0 heterocycles. The first kappa shape index (κ1) is 26.8. The zero-order valence-electron chi connectivity index (χ0n) is 19.2. The Labute approximate surface area is 195 Å². The average molecular weight is 497 g/mol. The number of alkyl halides is 7. The van der Waals surface area contributed by atoms with Crippen LogP contribution < -0.4 is 4.74 Å². The molecule has 0 amide bonds. The fourth-order valence-electron chi connectivity index (χ4n) is 5.34. The number of carbonyl (C=O) groups excluding carboxylic acids is 1. The van der Waals surface area contributed by atoms with Gasteiger partial charge in [0, 0.05) is 5.92 Å². The van der Waals surface area contributed by atoms with E-state index in [9.17, 15) is 35.5 Å². The van der Waals surface area contributed by atoms with E-state index >= 15 is 0 Å². The van der Waals surface area contributed by atoms with E-state index in [1.54, 1.807) is 12.1 Å². The van der Waals surface area contributed by atoms with E-state index in [0.717, 1.165) is 18.8 Å². The smallest absolute Gasteiger partial charge is 0.426 e. The number of hydrogen-bond donors (Lipinski definition) is 0. The van der Waals surface area contributed by atoms with Crippen LogP contribution >= 0.6 is 0 Å². The topological polar surface area (TPSA) is 26.3 Å². The van der Waals surface area contributed by atoms with E-state index < -0.39 is 48.7 Å². The van der Waals surface area contributed by atoms with Crippen molar-refractivity contribution in [2.75, 3.05) is 0 Å². The summed E-state index contributed by atoms with van der Waals surface area (Å²) in [6.45, 7) is 2.19. The molecule has 2 aliphatic rings. The molecule has 0 atom stereocenters. The summed E-state index contributed by atoms with van der Waals surface area (Å²) in [6, 6.07) is 7.16. The predicted molar refractivity (Wildman–Crippen MR) is 113 cm³/mol. The highest BCUT2D eigenvalue weighted by Crippen LogP contribution is 2.53. The van der Waals surface area contributed by atoms with Gasteiger partial charge in [-0.1, -0.05) is 31.9 Å². The van der Waals surface area contributed by atoms with E-state index in [0.29, 0.717) is 11.7 Å². The van der Waals surface area contributed by atoms with Crippen molar-refractivity contribution >= 4 is 5.97 Å². The number of benzene rings is 1. The zero-order chi connectivity index (χ0) is 25.1. The van der Waals surface area contributed by atoms with Crippen molar-refractivity contribution in [1.29, 1.82) is 0 Å². The minimum absolute atomic E-state index is 0.230. The second-order valence-electron chi connectivity index (χ2n) is 9.74. The third-order valence-corrected chi connectivity index (χ3v) is 7.46. The van der Waals surface area contributed by atoms with Gasteiger partial charge in [0.15, 0.2) is 0 Å². The number of rotatable bonds is 7. The van der Waals surface area contributed by atoms with E-state index in [1.807, 2.05) is 12.1 Å². The standard InChI is InChI=1S/C25H31F7O2/c1-2-3-16-4-6-17(7-5-16)18-10-14-21(15-11-18)34-22(33)19-8-12-20(13-9-19)23(26,27)24(28,29)25(30,31)32/h10-11,14-17,19-20H,2-9,12-13H2,1H3/t16-,17-,19-,20-. The van der Waals surface area contributed by atoms with E-state index in [-0.39, 0.29) is 12.8 Å². The van der Waals surface area contributed by atoms with Crippen molar-refractivity contribution in [2.24, 2.45) is 17.8 Å². The number of halogens is 7. The molecule has 0 spiro atoms. The van der Waals surface area contributed by atoms with Gasteiger partial charge in [0.2, 0.25) is 0 Å². The van der Waals surface area contributed by atoms with Gasteiger partial charge in [-0.3, -0.25) is 4.79 Å². The Morgan fingerprint density at radius 2 is 1.41 bits per heavy atom. The van der Waals surface area contributed by atoms with Crippen LogP contribution in [0.4, 0.5) is 30.7 Å². The Hall–Kier alpha value is -1.80. The van der Waals surface area contributed by atoms with Gasteiger partial charge in [0.05, 0.1) is 5.92 Å². The summed E-state index contributed by atoms with van der Waals surface area (Å²) in [5.74, 6) is -13.5. The number of esters is 1. The Bertz CT molecular complexity index is 804. The van der Waals surface area contributed by atoms with Crippen LogP contribution in [0.15, 0.2) is 24.3 Å². The summed E-state index contributed by atoms with van der Waals surface area (Å²) in [5.41, 5.74) is 1.17. The Balaban J connectivity index is 1.51.